The molecule has 2 rings (SSSR count). The fourth-order valence-corrected chi connectivity index (χ4v) is 2.90. The van der Waals surface area contributed by atoms with E-state index in [-0.39, 0.29) is 17.7 Å². The summed E-state index contributed by atoms with van der Waals surface area (Å²) in [5, 5.41) is 13.5. The third-order valence-electron chi connectivity index (χ3n) is 3.78. The number of halogens is 1. The molecule has 0 spiro atoms. The van der Waals surface area contributed by atoms with E-state index in [1.807, 2.05) is 12.1 Å². The maximum absolute atomic E-state index is 10.0. The highest BCUT2D eigenvalue weighted by Gasteiger charge is 2.24. The Morgan fingerprint density at radius 3 is 2.67 bits per heavy atom. The zero-order chi connectivity index (χ0) is 15.5. The number of aliphatic hydroxyl groups is 1. The Morgan fingerprint density at radius 1 is 1.29 bits per heavy atom. The van der Waals surface area contributed by atoms with Crippen molar-refractivity contribution >= 4 is 15.9 Å². The Labute approximate surface area is 136 Å². The lowest BCUT2D eigenvalue weighted by atomic mass is 9.95. The van der Waals surface area contributed by atoms with Crippen LogP contribution in [-0.2, 0) is 6.54 Å². The van der Waals surface area contributed by atoms with Crippen molar-refractivity contribution in [2.45, 2.75) is 70.7 Å². The van der Waals surface area contributed by atoms with E-state index in [1.54, 1.807) is 0 Å². The van der Waals surface area contributed by atoms with Gasteiger partial charge >= 0.3 is 0 Å². The number of nitrogens with one attached hydrogen (secondary N) is 1. The van der Waals surface area contributed by atoms with Crippen LogP contribution in [0.4, 0.5) is 0 Å². The lowest BCUT2D eigenvalue weighted by Gasteiger charge is -2.28. The lowest BCUT2D eigenvalue weighted by molar-refractivity contribution is 0.00682. The molecule has 4 heteroatoms. The second kappa shape index (κ2) is 7.12. The van der Waals surface area contributed by atoms with Gasteiger partial charge in [0.25, 0.3) is 0 Å². The first-order chi connectivity index (χ1) is 9.85. The first-order valence-corrected chi connectivity index (χ1v) is 8.52. The Kier molecular flexibility index (Phi) is 5.69. The first kappa shape index (κ1) is 16.8. The van der Waals surface area contributed by atoms with Crippen LogP contribution in [0.2, 0.25) is 0 Å². The number of benzene rings is 1. The normalized spacial score (nSPS) is 23.1. The van der Waals surface area contributed by atoms with Gasteiger partial charge in [-0.15, -0.1) is 0 Å². The van der Waals surface area contributed by atoms with Crippen LogP contribution in [-0.4, -0.2) is 22.9 Å². The molecule has 1 fully saturated rings. The summed E-state index contributed by atoms with van der Waals surface area (Å²) < 4.78 is 7.08. The van der Waals surface area contributed by atoms with Crippen molar-refractivity contribution in [2.24, 2.45) is 0 Å². The maximum atomic E-state index is 10.0. The monoisotopic (exact) mass is 355 g/mol. The minimum absolute atomic E-state index is 0.0663. The highest BCUT2D eigenvalue weighted by Crippen LogP contribution is 2.27. The smallest absolute Gasteiger partial charge is 0.124 e. The molecule has 0 radical (unpaired) electrons. The van der Waals surface area contributed by atoms with Crippen LogP contribution in [0, 0.1) is 0 Å². The van der Waals surface area contributed by atoms with Gasteiger partial charge < -0.3 is 15.2 Å². The fourth-order valence-electron chi connectivity index (χ4n) is 2.51. The van der Waals surface area contributed by atoms with Gasteiger partial charge in [-0.2, -0.15) is 0 Å². The van der Waals surface area contributed by atoms with E-state index in [4.69, 9.17) is 4.74 Å². The topological polar surface area (TPSA) is 41.5 Å². The number of ether oxygens (including phenoxy) is 1. The highest BCUT2D eigenvalue weighted by atomic mass is 79.9. The Morgan fingerprint density at radius 2 is 2.00 bits per heavy atom. The molecule has 1 aliphatic carbocycles. The van der Waals surface area contributed by atoms with Gasteiger partial charge in [-0.1, -0.05) is 22.4 Å². The van der Waals surface area contributed by atoms with Crippen LogP contribution >= 0.6 is 15.9 Å². The Hall–Kier alpha value is -0.580. The van der Waals surface area contributed by atoms with Crippen molar-refractivity contribution in [2.75, 3.05) is 0 Å². The van der Waals surface area contributed by atoms with Gasteiger partial charge in [-0.05, 0) is 63.8 Å². The lowest BCUT2D eigenvalue weighted by Crippen LogP contribution is -2.35. The first-order valence-electron chi connectivity index (χ1n) is 7.73. The minimum Gasteiger partial charge on any atom is -0.488 e. The van der Waals surface area contributed by atoms with Crippen molar-refractivity contribution in [1.29, 1.82) is 0 Å². The van der Waals surface area contributed by atoms with E-state index in [0.29, 0.717) is 0 Å². The van der Waals surface area contributed by atoms with E-state index in [1.165, 1.54) is 5.56 Å². The average molecular weight is 356 g/mol. The van der Waals surface area contributed by atoms with E-state index in [2.05, 4.69) is 48.1 Å². The summed E-state index contributed by atoms with van der Waals surface area (Å²) in [7, 11) is 0. The van der Waals surface area contributed by atoms with Crippen molar-refractivity contribution < 1.29 is 9.84 Å². The molecule has 1 aliphatic rings. The van der Waals surface area contributed by atoms with E-state index >= 15 is 0 Å². The molecule has 118 valence electrons. The van der Waals surface area contributed by atoms with Gasteiger partial charge in [0.15, 0.2) is 0 Å². The quantitative estimate of drug-likeness (QED) is 0.856. The zero-order valence-electron chi connectivity index (χ0n) is 13.2. The van der Waals surface area contributed by atoms with E-state index < -0.39 is 0 Å². The third-order valence-corrected chi connectivity index (χ3v) is 4.56. The van der Waals surface area contributed by atoms with Crippen LogP contribution < -0.4 is 10.1 Å². The summed E-state index contributed by atoms with van der Waals surface area (Å²) in [6, 6.07) is 6.04. The van der Waals surface area contributed by atoms with E-state index in [9.17, 15) is 5.11 Å². The molecule has 2 N–H and O–H groups in total. The summed E-state index contributed by atoms with van der Waals surface area (Å²) in [6.07, 6.45) is 3.62. The van der Waals surface area contributed by atoms with Crippen molar-refractivity contribution in [3.63, 3.8) is 0 Å². The standard InChI is InChI=1S/C17H26BrNO2/c1-17(2,3)19-11-12-10-13(8-9-14(12)18)21-16-7-5-4-6-15(16)20/h8-10,15-16,19-20H,4-7,11H2,1-3H3. The summed E-state index contributed by atoms with van der Waals surface area (Å²) in [5.74, 6) is 0.842. The van der Waals surface area contributed by atoms with Gasteiger partial charge in [0, 0.05) is 16.6 Å². The molecule has 0 bridgehead atoms. The van der Waals surface area contributed by atoms with Gasteiger partial charge in [0.1, 0.15) is 11.9 Å². The molecule has 0 aromatic heterocycles. The van der Waals surface area contributed by atoms with Crippen LogP contribution in [0.1, 0.15) is 52.0 Å². The number of aliphatic hydroxyl groups excluding tert-OH is 1. The van der Waals surface area contributed by atoms with Crippen molar-refractivity contribution in [3.8, 4) is 5.75 Å². The van der Waals surface area contributed by atoms with Gasteiger partial charge in [0.2, 0.25) is 0 Å². The molecule has 1 aromatic rings. The second-order valence-corrected chi connectivity index (χ2v) is 7.72. The largest absolute Gasteiger partial charge is 0.488 e. The van der Waals surface area contributed by atoms with Gasteiger partial charge in [0.05, 0.1) is 6.10 Å². The van der Waals surface area contributed by atoms with Crippen LogP contribution in [0.25, 0.3) is 0 Å². The summed E-state index contributed by atoms with van der Waals surface area (Å²) in [6.45, 7) is 7.24. The molecule has 0 amide bonds. The van der Waals surface area contributed by atoms with Crippen LogP contribution in [0.5, 0.6) is 5.75 Å². The average Bonchev–Trinajstić information content (AvgIpc) is 2.41. The molecule has 1 aromatic carbocycles. The molecule has 3 nitrogen and oxygen atoms in total. The number of hydrogen-bond donors (Lipinski definition) is 2. The van der Waals surface area contributed by atoms with Crippen LogP contribution in [0.3, 0.4) is 0 Å². The molecular weight excluding hydrogens is 330 g/mol. The highest BCUT2D eigenvalue weighted by molar-refractivity contribution is 9.10. The zero-order valence-corrected chi connectivity index (χ0v) is 14.7. The van der Waals surface area contributed by atoms with Crippen molar-refractivity contribution in [1.82, 2.24) is 5.32 Å². The van der Waals surface area contributed by atoms with E-state index in [0.717, 1.165) is 42.5 Å². The predicted octanol–water partition coefficient (Wildman–Crippen LogP) is 4.02. The maximum Gasteiger partial charge on any atom is 0.124 e. The second-order valence-electron chi connectivity index (χ2n) is 6.86. The Balaban J connectivity index is 2.03. The molecule has 2 atom stereocenters. The van der Waals surface area contributed by atoms with Gasteiger partial charge in [-0.3, -0.25) is 0 Å². The molecule has 0 saturated heterocycles. The summed E-state index contributed by atoms with van der Waals surface area (Å²) >= 11 is 3.59. The fraction of sp³-hybridized carbons (Fsp3) is 0.647. The molecule has 0 aliphatic heterocycles. The number of hydrogen-bond acceptors (Lipinski definition) is 3. The Bertz CT molecular complexity index is 470. The summed E-state index contributed by atoms with van der Waals surface area (Å²) in [5.41, 5.74) is 1.25. The molecule has 1 saturated carbocycles. The molecule has 21 heavy (non-hydrogen) atoms. The third kappa shape index (κ3) is 5.28. The van der Waals surface area contributed by atoms with Gasteiger partial charge in [-0.25, -0.2) is 0 Å². The molecule has 0 heterocycles. The summed E-state index contributed by atoms with van der Waals surface area (Å²) in [4.78, 5) is 0. The molecular formula is C17H26BrNO2. The number of rotatable bonds is 4. The molecule has 2 unspecified atom stereocenters. The predicted molar refractivity (Wildman–Crippen MR) is 89.6 cm³/mol. The minimum atomic E-state index is -0.335. The SMILES string of the molecule is CC(C)(C)NCc1cc(OC2CCCCC2O)ccc1Br. The van der Waals surface area contributed by atoms with Crippen molar-refractivity contribution in [3.05, 3.63) is 28.2 Å². The van der Waals surface area contributed by atoms with Crippen LogP contribution in [0.15, 0.2) is 22.7 Å².